The lowest BCUT2D eigenvalue weighted by Crippen LogP contribution is -1.87. The molecule has 1 heterocycles. The van der Waals surface area contributed by atoms with Crippen LogP contribution < -0.4 is 0 Å². The van der Waals surface area contributed by atoms with Crippen molar-refractivity contribution >= 4 is 6.08 Å². The number of pyridine rings is 1. The second-order valence-corrected chi connectivity index (χ2v) is 3.48. The fraction of sp³-hybridized carbons (Fsp3) is 0.0714. The Kier molecular flexibility index (Phi) is 2.64. The van der Waals surface area contributed by atoms with Gasteiger partial charge >= 0.3 is 0 Å². The Morgan fingerprint density at radius 2 is 1.93 bits per heavy atom. The molecule has 0 saturated carbocycles. The Hall–Kier alpha value is -1.89. The van der Waals surface area contributed by atoms with Crippen LogP contribution in [-0.2, 0) is 0 Å². The van der Waals surface area contributed by atoms with Gasteiger partial charge in [0.15, 0.2) is 0 Å². The molecule has 0 bridgehead atoms. The van der Waals surface area contributed by atoms with E-state index in [4.69, 9.17) is 0 Å². The summed E-state index contributed by atoms with van der Waals surface area (Å²) in [7, 11) is 0. The van der Waals surface area contributed by atoms with E-state index in [1.165, 1.54) is 16.7 Å². The molecule has 0 spiro atoms. The minimum absolute atomic E-state index is 1.08. The molecular weight excluding hydrogens is 182 g/mol. The molecule has 1 heteroatoms. The summed E-state index contributed by atoms with van der Waals surface area (Å²) >= 11 is 0. The molecule has 74 valence electrons. The van der Waals surface area contributed by atoms with Crippen molar-refractivity contribution < 1.29 is 0 Å². The predicted molar refractivity (Wildman–Crippen MR) is 64.5 cm³/mol. The molecule has 0 radical (unpaired) electrons. The van der Waals surface area contributed by atoms with Gasteiger partial charge in [-0.3, -0.25) is 4.98 Å². The van der Waals surface area contributed by atoms with Crippen LogP contribution in [0.2, 0.25) is 0 Å². The van der Waals surface area contributed by atoms with Gasteiger partial charge in [-0.1, -0.05) is 36.9 Å². The van der Waals surface area contributed by atoms with Gasteiger partial charge < -0.3 is 0 Å². The van der Waals surface area contributed by atoms with Crippen molar-refractivity contribution in [2.45, 2.75) is 6.92 Å². The third-order valence-electron chi connectivity index (χ3n) is 2.51. The van der Waals surface area contributed by atoms with Gasteiger partial charge in [-0.15, -0.1) is 0 Å². The molecule has 0 saturated heterocycles. The SMILES string of the molecule is C=Cc1cnccc1-c1ccccc1C. The Labute approximate surface area is 90.1 Å². The number of nitrogens with zero attached hydrogens (tertiary/aromatic N) is 1. The average molecular weight is 195 g/mol. The first kappa shape index (κ1) is 9.66. The zero-order valence-corrected chi connectivity index (χ0v) is 8.77. The Balaban J connectivity index is 2.64. The van der Waals surface area contributed by atoms with Gasteiger partial charge in [-0.2, -0.15) is 0 Å². The van der Waals surface area contributed by atoms with Crippen molar-refractivity contribution in [2.24, 2.45) is 0 Å². The molecule has 0 atom stereocenters. The third-order valence-corrected chi connectivity index (χ3v) is 2.51. The van der Waals surface area contributed by atoms with E-state index < -0.39 is 0 Å². The number of rotatable bonds is 2. The van der Waals surface area contributed by atoms with E-state index >= 15 is 0 Å². The van der Waals surface area contributed by atoms with E-state index in [1.807, 2.05) is 30.6 Å². The van der Waals surface area contributed by atoms with Gasteiger partial charge in [0, 0.05) is 18.0 Å². The summed E-state index contributed by atoms with van der Waals surface area (Å²) in [6, 6.07) is 10.4. The predicted octanol–water partition coefficient (Wildman–Crippen LogP) is 3.70. The highest BCUT2D eigenvalue weighted by Crippen LogP contribution is 2.26. The van der Waals surface area contributed by atoms with Crippen molar-refractivity contribution in [1.29, 1.82) is 0 Å². The second-order valence-electron chi connectivity index (χ2n) is 3.48. The van der Waals surface area contributed by atoms with Gasteiger partial charge in [0.05, 0.1) is 0 Å². The van der Waals surface area contributed by atoms with Crippen LogP contribution in [0.25, 0.3) is 17.2 Å². The Bertz CT molecular complexity index is 486. The zero-order chi connectivity index (χ0) is 10.7. The van der Waals surface area contributed by atoms with Gasteiger partial charge in [0.25, 0.3) is 0 Å². The lowest BCUT2D eigenvalue weighted by Gasteiger charge is -2.08. The van der Waals surface area contributed by atoms with Crippen LogP contribution in [0.15, 0.2) is 49.3 Å². The minimum Gasteiger partial charge on any atom is -0.264 e. The van der Waals surface area contributed by atoms with Crippen LogP contribution >= 0.6 is 0 Å². The summed E-state index contributed by atoms with van der Waals surface area (Å²) < 4.78 is 0. The van der Waals surface area contributed by atoms with Crippen molar-refractivity contribution in [3.05, 3.63) is 60.4 Å². The Morgan fingerprint density at radius 3 is 2.67 bits per heavy atom. The van der Waals surface area contributed by atoms with Crippen LogP contribution in [0.1, 0.15) is 11.1 Å². The zero-order valence-electron chi connectivity index (χ0n) is 8.77. The van der Waals surface area contributed by atoms with E-state index in [1.54, 1.807) is 0 Å². The fourth-order valence-electron chi connectivity index (χ4n) is 1.69. The molecule has 0 amide bonds. The maximum atomic E-state index is 4.10. The molecule has 0 N–H and O–H groups in total. The van der Waals surface area contributed by atoms with Crippen molar-refractivity contribution in [3.63, 3.8) is 0 Å². The molecule has 1 nitrogen and oxygen atoms in total. The maximum absolute atomic E-state index is 4.10. The summed E-state index contributed by atoms with van der Waals surface area (Å²) in [6.07, 6.45) is 5.50. The topological polar surface area (TPSA) is 12.9 Å². The van der Waals surface area contributed by atoms with Gasteiger partial charge in [0.1, 0.15) is 0 Å². The lowest BCUT2D eigenvalue weighted by atomic mass is 9.98. The maximum Gasteiger partial charge on any atom is 0.0346 e. The van der Waals surface area contributed by atoms with E-state index in [0.717, 1.165) is 5.56 Å². The van der Waals surface area contributed by atoms with Gasteiger partial charge in [-0.25, -0.2) is 0 Å². The number of aromatic nitrogens is 1. The van der Waals surface area contributed by atoms with Crippen LogP contribution in [-0.4, -0.2) is 4.98 Å². The van der Waals surface area contributed by atoms with E-state index in [2.05, 4.69) is 36.7 Å². The molecule has 0 fully saturated rings. The summed E-state index contributed by atoms with van der Waals surface area (Å²) in [5.41, 5.74) is 4.78. The highest BCUT2D eigenvalue weighted by Gasteiger charge is 2.03. The highest BCUT2D eigenvalue weighted by atomic mass is 14.6. The monoisotopic (exact) mass is 195 g/mol. The van der Waals surface area contributed by atoms with Crippen molar-refractivity contribution in [1.82, 2.24) is 4.98 Å². The third kappa shape index (κ3) is 1.82. The van der Waals surface area contributed by atoms with Crippen molar-refractivity contribution in [2.75, 3.05) is 0 Å². The average Bonchev–Trinajstić information content (AvgIpc) is 2.30. The quantitative estimate of drug-likeness (QED) is 0.712. The molecule has 2 rings (SSSR count). The number of hydrogen-bond donors (Lipinski definition) is 0. The molecular formula is C14H13N. The molecule has 15 heavy (non-hydrogen) atoms. The molecule has 0 unspecified atom stereocenters. The fourth-order valence-corrected chi connectivity index (χ4v) is 1.69. The molecule has 2 aromatic rings. The summed E-state index contributed by atoms with van der Waals surface area (Å²) in [5.74, 6) is 0. The van der Waals surface area contributed by atoms with Crippen LogP contribution in [0.3, 0.4) is 0 Å². The van der Waals surface area contributed by atoms with E-state index in [9.17, 15) is 0 Å². The van der Waals surface area contributed by atoms with Crippen LogP contribution in [0.5, 0.6) is 0 Å². The molecule has 1 aromatic carbocycles. The highest BCUT2D eigenvalue weighted by molar-refractivity contribution is 5.76. The molecule has 1 aromatic heterocycles. The van der Waals surface area contributed by atoms with Gasteiger partial charge in [-0.05, 0) is 29.7 Å². The second kappa shape index (κ2) is 4.09. The van der Waals surface area contributed by atoms with Crippen LogP contribution in [0, 0.1) is 6.92 Å². The van der Waals surface area contributed by atoms with Gasteiger partial charge in [0.2, 0.25) is 0 Å². The Morgan fingerprint density at radius 1 is 1.13 bits per heavy atom. The first-order chi connectivity index (χ1) is 7.33. The summed E-state index contributed by atoms with van der Waals surface area (Å²) in [6.45, 7) is 5.92. The normalized spacial score (nSPS) is 9.93. The van der Waals surface area contributed by atoms with Crippen molar-refractivity contribution in [3.8, 4) is 11.1 Å². The standard InChI is InChI=1S/C14H13N/c1-3-12-10-15-9-8-14(12)13-7-5-4-6-11(13)2/h3-10H,1H2,2H3. The van der Waals surface area contributed by atoms with Crippen LogP contribution in [0.4, 0.5) is 0 Å². The number of benzene rings is 1. The minimum atomic E-state index is 1.08. The molecule has 0 aliphatic heterocycles. The smallest absolute Gasteiger partial charge is 0.0346 e. The first-order valence-corrected chi connectivity index (χ1v) is 4.95. The largest absolute Gasteiger partial charge is 0.264 e. The summed E-state index contributed by atoms with van der Waals surface area (Å²) in [5, 5.41) is 0. The lowest BCUT2D eigenvalue weighted by molar-refractivity contribution is 1.31. The number of aryl methyl sites for hydroxylation is 1. The first-order valence-electron chi connectivity index (χ1n) is 4.95. The number of hydrogen-bond acceptors (Lipinski definition) is 1. The summed E-state index contributed by atoms with van der Waals surface area (Å²) in [4.78, 5) is 4.10. The van der Waals surface area contributed by atoms with E-state index in [-0.39, 0.29) is 0 Å². The van der Waals surface area contributed by atoms with E-state index in [0.29, 0.717) is 0 Å². The molecule has 0 aliphatic carbocycles. The molecule has 0 aliphatic rings.